The molecule has 11 heteroatoms. The summed E-state index contributed by atoms with van der Waals surface area (Å²) in [5.41, 5.74) is 1.14. The van der Waals surface area contributed by atoms with Gasteiger partial charge in [-0.05, 0) is 48.0 Å². The lowest BCUT2D eigenvalue weighted by Gasteiger charge is -2.26. The van der Waals surface area contributed by atoms with Crippen molar-refractivity contribution in [2.75, 3.05) is 12.0 Å². The molecule has 1 heterocycles. The number of nitrogens with zero attached hydrogens (tertiary/aromatic N) is 1. The smallest absolute Gasteiger partial charge is 0.335 e. The van der Waals surface area contributed by atoms with E-state index >= 15 is 0 Å². The van der Waals surface area contributed by atoms with Crippen molar-refractivity contribution in [1.29, 1.82) is 0 Å². The average Bonchev–Trinajstić information content (AvgIpc) is 2.83. The minimum atomic E-state index is -0.910. The Morgan fingerprint density at radius 1 is 0.972 bits per heavy atom. The van der Waals surface area contributed by atoms with Gasteiger partial charge < -0.3 is 9.47 Å². The van der Waals surface area contributed by atoms with Crippen molar-refractivity contribution in [3.8, 4) is 11.5 Å². The van der Waals surface area contributed by atoms with Gasteiger partial charge in [-0.2, -0.15) is 0 Å². The average molecular weight is 611 g/mol. The molecule has 0 unspecified atom stereocenters. The Morgan fingerprint density at radius 2 is 1.72 bits per heavy atom. The van der Waals surface area contributed by atoms with E-state index in [2.05, 4.69) is 21.2 Å². The Labute approximate surface area is 229 Å². The van der Waals surface area contributed by atoms with E-state index in [-0.39, 0.29) is 32.9 Å². The topological polar surface area (TPSA) is 84.9 Å². The molecule has 1 saturated heterocycles. The second-order valence-electron chi connectivity index (χ2n) is 7.47. The molecule has 0 radical (unpaired) electrons. The van der Waals surface area contributed by atoms with Gasteiger partial charge >= 0.3 is 6.03 Å². The Morgan fingerprint density at radius 3 is 2.42 bits per heavy atom. The number of hydrogen-bond donors (Lipinski definition) is 1. The molecule has 1 fully saturated rings. The van der Waals surface area contributed by atoms with Crippen LogP contribution in [0.2, 0.25) is 15.1 Å². The number of amides is 4. The predicted octanol–water partition coefficient (Wildman–Crippen LogP) is 6.66. The monoisotopic (exact) mass is 608 g/mol. The fourth-order valence-electron chi connectivity index (χ4n) is 3.41. The normalized spacial score (nSPS) is 14.8. The first-order valence-corrected chi connectivity index (χ1v) is 12.2. The maximum atomic E-state index is 13.2. The van der Waals surface area contributed by atoms with Gasteiger partial charge in [-0.25, -0.2) is 9.69 Å². The highest BCUT2D eigenvalue weighted by molar-refractivity contribution is 9.10. The maximum absolute atomic E-state index is 13.2. The van der Waals surface area contributed by atoms with E-state index in [0.717, 1.165) is 14.9 Å². The highest BCUT2D eigenvalue weighted by Gasteiger charge is 2.37. The number of rotatable bonds is 6. The van der Waals surface area contributed by atoms with Gasteiger partial charge in [0.2, 0.25) is 0 Å². The Hall–Kier alpha value is -3.04. The van der Waals surface area contributed by atoms with Crippen LogP contribution in [0.5, 0.6) is 11.5 Å². The number of nitrogens with one attached hydrogen (secondary N) is 1. The number of carbonyl (C=O) groups is 3. The van der Waals surface area contributed by atoms with Crippen molar-refractivity contribution in [1.82, 2.24) is 5.32 Å². The molecule has 1 N–H and O–H groups in total. The third-order valence-electron chi connectivity index (χ3n) is 5.16. The van der Waals surface area contributed by atoms with E-state index in [4.69, 9.17) is 44.3 Å². The number of imide groups is 2. The second-order valence-corrected chi connectivity index (χ2v) is 9.55. The first-order chi connectivity index (χ1) is 17.2. The third-order valence-corrected chi connectivity index (χ3v) is 6.95. The molecular formula is C25H16BrCl3N2O5. The van der Waals surface area contributed by atoms with Crippen LogP contribution in [0.3, 0.4) is 0 Å². The van der Waals surface area contributed by atoms with Crippen LogP contribution in [0.4, 0.5) is 10.5 Å². The molecule has 1 aliphatic heterocycles. The highest BCUT2D eigenvalue weighted by atomic mass is 79.9. The number of halogens is 4. The standard InChI is InChI=1S/C25H16BrCl3N2O5/c1-35-21-10-13(9-20(29)22(21)36-12-14-4-2-3-5-17(14)26)8-16-23(32)30-25(34)31(24(16)33)15-6-7-18(27)19(28)11-15/h2-11H,12H2,1H3,(H,30,32,34)/b16-8+. The summed E-state index contributed by atoms with van der Waals surface area (Å²) in [4.78, 5) is 38.9. The molecule has 36 heavy (non-hydrogen) atoms. The largest absolute Gasteiger partial charge is 0.493 e. The molecule has 7 nitrogen and oxygen atoms in total. The molecule has 184 valence electrons. The molecular weight excluding hydrogens is 595 g/mol. The molecule has 0 bridgehead atoms. The van der Waals surface area contributed by atoms with E-state index < -0.39 is 17.8 Å². The van der Waals surface area contributed by atoms with Crippen LogP contribution in [0.15, 0.2) is 64.6 Å². The van der Waals surface area contributed by atoms with Gasteiger partial charge in [0, 0.05) is 10.0 Å². The number of hydrogen-bond acceptors (Lipinski definition) is 5. The zero-order chi connectivity index (χ0) is 26.0. The summed E-state index contributed by atoms with van der Waals surface area (Å²) in [6, 6.07) is 14.0. The predicted molar refractivity (Wildman–Crippen MR) is 142 cm³/mol. The number of methoxy groups -OCH3 is 1. The molecule has 0 saturated carbocycles. The minimum Gasteiger partial charge on any atom is -0.493 e. The third kappa shape index (κ3) is 5.37. The van der Waals surface area contributed by atoms with E-state index in [1.807, 2.05) is 24.3 Å². The number of benzene rings is 3. The Balaban J connectivity index is 1.66. The molecule has 4 rings (SSSR count). The minimum absolute atomic E-state index is 0.145. The van der Waals surface area contributed by atoms with Crippen LogP contribution in [-0.2, 0) is 16.2 Å². The Bertz CT molecular complexity index is 1430. The first-order valence-electron chi connectivity index (χ1n) is 10.3. The first kappa shape index (κ1) is 26.0. The lowest BCUT2D eigenvalue weighted by Crippen LogP contribution is -2.54. The van der Waals surface area contributed by atoms with Gasteiger partial charge in [0.25, 0.3) is 11.8 Å². The molecule has 0 atom stereocenters. The number of anilines is 1. The van der Waals surface area contributed by atoms with E-state index in [1.165, 1.54) is 37.5 Å². The zero-order valence-electron chi connectivity index (χ0n) is 18.5. The van der Waals surface area contributed by atoms with E-state index in [0.29, 0.717) is 17.1 Å². The van der Waals surface area contributed by atoms with Gasteiger partial charge in [-0.3, -0.25) is 14.9 Å². The van der Waals surface area contributed by atoms with E-state index in [9.17, 15) is 14.4 Å². The van der Waals surface area contributed by atoms with Crippen molar-refractivity contribution in [2.24, 2.45) is 0 Å². The zero-order valence-corrected chi connectivity index (χ0v) is 22.3. The van der Waals surface area contributed by atoms with Crippen LogP contribution in [0.25, 0.3) is 6.08 Å². The number of carbonyl (C=O) groups excluding carboxylic acids is 3. The van der Waals surface area contributed by atoms with Gasteiger partial charge in [0.1, 0.15) is 12.2 Å². The van der Waals surface area contributed by atoms with Crippen LogP contribution in [-0.4, -0.2) is 25.0 Å². The van der Waals surface area contributed by atoms with Crippen molar-refractivity contribution >= 4 is 80.3 Å². The quantitative estimate of drug-likeness (QED) is 0.249. The van der Waals surface area contributed by atoms with Crippen molar-refractivity contribution < 1.29 is 23.9 Å². The SMILES string of the molecule is COc1cc(/C=C2\C(=O)NC(=O)N(c3ccc(Cl)c(Cl)c3)C2=O)cc(Cl)c1OCc1ccccc1Br. The lowest BCUT2D eigenvalue weighted by atomic mass is 10.1. The van der Waals surface area contributed by atoms with Gasteiger partial charge in [-0.1, -0.05) is 68.9 Å². The van der Waals surface area contributed by atoms with Crippen molar-refractivity contribution in [3.05, 3.63) is 90.8 Å². The van der Waals surface area contributed by atoms with Crippen molar-refractivity contribution in [2.45, 2.75) is 6.61 Å². The molecule has 0 spiro atoms. The number of urea groups is 1. The van der Waals surface area contributed by atoms with E-state index in [1.54, 1.807) is 6.07 Å². The molecule has 4 amide bonds. The molecule has 1 aliphatic rings. The molecule has 3 aromatic carbocycles. The highest BCUT2D eigenvalue weighted by Crippen LogP contribution is 2.38. The van der Waals surface area contributed by atoms with Gasteiger partial charge in [-0.15, -0.1) is 0 Å². The summed E-state index contributed by atoms with van der Waals surface area (Å²) < 4.78 is 12.2. The molecule has 0 aliphatic carbocycles. The van der Waals surface area contributed by atoms with Crippen molar-refractivity contribution in [3.63, 3.8) is 0 Å². The van der Waals surface area contributed by atoms with Crippen LogP contribution in [0, 0.1) is 0 Å². The second kappa shape index (κ2) is 10.9. The summed E-state index contributed by atoms with van der Waals surface area (Å²) >= 11 is 21.9. The summed E-state index contributed by atoms with van der Waals surface area (Å²) in [5, 5.41) is 2.75. The maximum Gasteiger partial charge on any atom is 0.335 e. The lowest BCUT2D eigenvalue weighted by molar-refractivity contribution is -0.122. The van der Waals surface area contributed by atoms with Gasteiger partial charge in [0.15, 0.2) is 11.5 Å². The van der Waals surface area contributed by atoms with Crippen LogP contribution >= 0.6 is 50.7 Å². The molecule has 0 aromatic heterocycles. The van der Waals surface area contributed by atoms with Gasteiger partial charge in [0.05, 0.1) is 27.9 Å². The molecule has 3 aromatic rings. The summed E-state index contributed by atoms with van der Waals surface area (Å²) in [6.45, 7) is 0.222. The summed E-state index contributed by atoms with van der Waals surface area (Å²) in [6.07, 6.45) is 1.31. The van der Waals surface area contributed by atoms with Crippen LogP contribution in [0.1, 0.15) is 11.1 Å². The summed E-state index contributed by atoms with van der Waals surface area (Å²) in [5.74, 6) is -1.11. The summed E-state index contributed by atoms with van der Waals surface area (Å²) in [7, 11) is 1.44. The number of ether oxygens (including phenoxy) is 2. The fraction of sp³-hybridized carbons (Fsp3) is 0.0800. The Kier molecular flexibility index (Phi) is 7.90. The number of barbiturate groups is 1. The van der Waals surface area contributed by atoms with Crippen LogP contribution < -0.4 is 19.7 Å². The fourth-order valence-corrected chi connectivity index (χ4v) is 4.38.